The summed E-state index contributed by atoms with van der Waals surface area (Å²) in [5.41, 5.74) is 1.60. The number of hydrogen-bond donors (Lipinski definition) is 1. The fourth-order valence-corrected chi connectivity index (χ4v) is 5.58. The van der Waals surface area contributed by atoms with Crippen LogP contribution in [0.3, 0.4) is 0 Å². The molecule has 1 N–H and O–H groups in total. The predicted octanol–water partition coefficient (Wildman–Crippen LogP) is 1.39. The fourth-order valence-electron chi connectivity index (χ4n) is 3.87. The number of rotatable bonds is 3. The lowest BCUT2D eigenvalue weighted by molar-refractivity contribution is -0.141. The van der Waals surface area contributed by atoms with Gasteiger partial charge in [0.25, 0.3) is 5.91 Å². The standard InChI is InChI=1S/C16H16N6O2S2/c23-12(5-10-1-3-17-18-10)22-8-16(9-22)2-4-21(7-16)15(24)11-6-25-14-13(11)26-20-19-14/h1,3,6H,2,4-5,7-9H2,(H,17,18). The number of nitrogens with one attached hydrogen (secondary N) is 1. The molecule has 0 saturated carbocycles. The summed E-state index contributed by atoms with van der Waals surface area (Å²) in [5, 5.41) is 12.6. The van der Waals surface area contributed by atoms with Crippen LogP contribution in [0.5, 0.6) is 0 Å². The third-order valence-corrected chi connectivity index (χ3v) is 7.00. The van der Waals surface area contributed by atoms with Crippen molar-refractivity contribution in [2.75, 3.05) is 26.2 Å². The summed E-state index contributed by atoms with van der Waals surface area (Å²) >= 11 is 2.74. The smallest absolute Gasteiger partial charge is 0.256 e. The Labute approximate surface area is 157 Å². The van der Waals surface area contributed by atoms with Crippen molar-refractivity contribution in [3.8, 4) is 0 Å². The number of likely N-dealkylation sites (tertiary alicyclic amines) is 2. The lowest BCUT2D eigenvalue weighted by Gasteiger charge is -2.48. The molecule has 5 rings (SSSR count). The predicted molar refractivity (Wildman–Crippen MR) is 97.1 cm³/mol. The lowest BCUT2D eigenvalue weighted by atomic mass is 9.79. The molecule has 2 amide bonds. The monoisotopic (exact) mass is 388 g/mol. The van der Waals surface area contributed by atoms with Crippen LogP contribution >= 0.6 is 22.9 Å². The third-order valence-electron chi connectivity index (χ3n) is 5.25. The van der Waals surface area contributed by atoms with E-state index < -0.39 is 0 Å². The highest BCUT2D eigenvalue weighted by Crippen LogP contribution is 2.41. The number of amides is 2. The van der Waals surface area contributed by atoms with E-state index in [1.165, 1.54) is 22.9 Å². The minimum atomic E-state index is 0.0559. The molecular formula is C16H16N6O2S2. The molecule has 3 aromatic rings. The topological polar surface area (TPSA) is 95.1 Å². The molecule has 0 radical (unpaired) electrons. The van der Waals surface area contributed by atoms with Gasteiger partial charge in [-0.05, 0) is 24.0 Å². The summed E-state index contributed by atoms with van der Waals surface area (Å²) in [6.07, 6.45) is 2.95. The number of nitrogens with zero attached hydrogens (tertiary/aromatic N) is 5. The number of H-pyrrole nitrogens is 1. The number of thiophene rings is 1. The van der Waals surface area contributed by atoms with E-state index in [1.807, 2.05) is 21.2 Å². The molecular weight excluding hydrogens is 372 g/mol. The molecule has 0 aliphatic carbocycles. The number of hydrogen-bond acceptors (Lipinski definition) is 7. The summed E-state index contributed by atoms with van der Waals surface area (Å²) < 4.78 is 4.81. The molecule has 10 heteroatoms. The Morgan fingerprint density at radius 2 is 2.12 bits per heavy atom. The van der Waals surface area contributed by atoms with Crippen LogP contribution in [-0.2, 0) is 11.2 Å². The molecule has 5 heterocycles. The molecule has 0 bridgehead atoms. The van der Waals surface area contributed by atoms with Gasteiger partial charge >= 0.3 is 0 Å². The van der Waals surface area contributed by atoms with Crippen molar-refractivity contribution < 1.29 is 9.59 Å². The van der Waals surface area contributed by atoms with Gasteiger partial charge in [-0.2, -0.15) is 5.10 Å². The van der Waals surface area contributed by atoms with Crippen molar-refractivity contribution in [1.82, 2.24) is 29.6 Å². The number of aromatic nitrogens is 4. The maximum absolute atomic E-state index is 12.9. The van der Waals surface area contributed by atoms with E-state index in [1.54, 1.807) is 6.20 Å². The molecule has 26 heavy (non-hydrogen) atoms. The normalized spacial score (nSPS) is 18.6. The largest absolute Gasteiger partial charge is 0.341 e. The first-order chi connectivity index (χ1) is 12.6. The van der Waals surface area contributed by atoms with Crippen molar-refractivity contribution >= 4 is 44.2 Å². The van der Waals surface area contributed by atoms with Gasteiger partial charge < -0.3 is 9.80 Å². The van der Waals surface area contributed by atoms with Crippen LogP contribution in [0.4, 0.5) is 0 Å². The Hall–Kier alpha value is -2.33. The molecule has 2 aliphatic heterocycles. The van der Waals surface area contributed by atoms with Gasteiger partial charge in [-0.3, -0.25) is 14.7 Å². The summed E-state index contributed by atoms with van der Waals surface area (Å²) in [6, 6.07) is 1.82. The van der Waals surface area contributed by atoms with E-state index in [0.717, 1.165) is 41.3 Å². The number of carbonyl (C=O) groups is 2. The Bertz CT molecular complexity index is 972. The van der Waals surface area contributed by atoms with E-state index in [0.29, 0.717) is 18.5 Å². The summed E-state index contributed by atoms with van der Waals surface area (Å²) in [6.45, 7) is 2.91. The highest BCUT2D eigenvalue weighted by molar-refractivity contribution is 7.24. The maximum Gasteiger partial charge on any atom is 0.256 e. The SMILES string of the molecule is O=C(Cc1ccn[nH]1)N1CC2(CCN(C(=O)c3csc4nnsc34)C2)C1. The van der Waals surface area contributed by atoms with Gasteiger partial charge in [0.2, 0.25) is 5.91 Å². The van der Waals surface area contributed by atoms with Crippen LogP contribution in [0, 0.1) is 5.41 Å². The highest BCUT2D eigenvalue weighted by atomic mass is 32.1. The second-order valence-corrected chi connectivity index (χ2v) is 8.65. The van der Waals surface area contributed by atoms with Crippen LogP contribution in [0.25, 0.3) is 9.53 Å². The summed E-state index contributed by atoms with van der Waals surface area (Å²) in [4.78, 5) is 29.8. The first-order valence-electron chi connectivity index (χ1n) is 8.38. The number of aromatic amines is 1. The minimum absolute atomic E-state index is 0.0559. The van der Waals surface area contributed by atoms with Gasteiger partial charge in [0.05, 0.1) is 16.7 Å². The molecule has 2 saturated heterocycles. The van der Waals surface area contributed by atoms with Gasteiger partial charge in [0.1, 0.15) is 0 Å². The molecule has 3 aromatic heterocycles. The Morgan fingerprint density at radius 1 is 1.27 bits per heavy atom. The molecule has 8 nitrogen and oxygen atoms in total. The Kier molecular flexibility index (Phi) is 3.57. The minimum Gasteiger partial charge on any atom is -0.341 e. The molecule has 0 unspecified atom stereocenters. The van der Waals surface area contributed by atoms with Gasteiger partial charge in [0, 0.05) is 48.9 Å². The van der Waals surface area contributed by atoms with Crippen LogP contribution in [0.2, 0.25) is 0 Å². The van der Waals surface area contributed by atoms with Gasteiger partial charge in [-0.1, -0.05) is 4.49 Å². The average Bonchev–Trinajstić information content (AvgIpc) is 3.35. The molecule has 2 fully saturated rings. The zero-order valence-corrected chi connectivity index (χ0v) is 15.5. The van der Waals surface area contributed by atoms with Gasteiger partial charge in [-0.25, -0.2) is 0 Å². The van der Waals surface area contributed by atoms with Crippen LogP contribution < -0.4 is 0 Å². The van der Waals surface area contributed by atoms with Crippen molar-refractivity contribution in [3.63, 3.8) is 0 Å². The zero-order chi connectivity index (χ0) is 17.7. The Balaban J connectivity index is 1.22. The zero-order valence-electron chi connectivity index (χ0n) is 13.8. The van der Waals surface area contributed by atoms with Crippen molar-refractivity contribution in [1.29, 1.82) is 0 Å². The number of fused-ring (bicyclic) bond motifs is 1. The second kappa shape index (κ2) is 5.85. The fraction of sp³-hybridized carbons (Fsp3) is 0.438. The van der Waals surface area contributed by atoms with E-state index in [2.05, 4.69) is 19.8 Å². The van der Waals surface area contributed by atoms with Gasteiger partial charge in [0.15, 0.2) is 4.83 Å². The van der Waals surface area contributed by atoms with Crippen LogP contribution in [0.15, 0.2) is 17.6 Å². The van der Waals surface area contributed by atoms with Gasteiger partial charge in [-0.15, -0.1) is 16.4 Å². The third kappa shape index (κ3) is 2.52. The van der Waals surface area contributed by atoms with Crippen LogP contribution in [-0.4, -0.2) is 67.6 Å². The quantitative estimate of drug-likeness (QED) is 0.732. The number of carbonyl (C=O) groups excluding carboxylic acids is 2. The molecule has 2 aliphatic rings. The Morgan fingerprint density at radius 3 is 2.92 bits per heavy atom. The first-order valence-corrected chi connectivity index (χ1v) is 10.0. The van der Waals surface area contributed by atoms with E-state index in [-0.39, 0.29) is 17.2 Å². The molecule has 0 atom stereocenters. The van der Waals surface area contributed by atoms with Crippen molar-refractivity contribution in [3.05, 3.63) is 28.9 Å². The van der Waals surface area contributed by atoms with E-state index in [9.17, 15) is 9.59 Å². The van der Waals surface area contributed by atoms with E-state index >= 15 is 0 Å². The summed E-state index contributed by atoms with van der Waals surface area (Å²) in [7, 11) is 0. The first kappa shape index (κ1) is 15.9. The van der Waals surface area contributed by atoms with Crippen LogP contribution in [0.1, 0.15) is 22.5 Å². The van der Waals surface area contributed by atoms with Crippen molar-refractivity contribution in [2.24, 2.45) is 5.41 Å². The molecule has 0 aromatic carbocycles. The molecule has 1 spiro atoms. The summed E-state index contributed by atoms with van der Waals surface area (Å²) in [5.74, 6) is 0.168. The van der Waals surface area contributed by atoms with Crippen molar-refractivity contribution in [2.45, 2.75) is 12.8 Å². The molecule has 134 valence electrons. The second-order valence-electron chi connectivity index (χ2n) is 7.04. The average molecular weight is 388 g/mol. The van der Waals surface area contributed by atoms with E-state index in [4.69, 9.17) is 0 Å². The highest BCUT2D eigenvalue weighted by Gasteiger charge is 2.50. The maximum atomic E-state index is 12.9. The lowest BCUT2D eigenvalue weighted by Crippen LogP contribution is -2.60.